The summed E-state index contributed by atoms with van der Waals surface area (Å²) in [6, 6.07) is 15.5. The quantitative estimate of drug-likeness (QED) is 0.437. The highest BCUT2D eigenvalue weighted by molar-refractivity contribution is 5.95. The molecule has 0 bridgehead atoms. The first-order valence-corrected chi connectivity index (χ1v) is 12.4. The summed E-state index contributed by atoms with van der Waals surface area (Å²) in [4.78, 5) is 35.7. The van der Waals surface area contributed by atoms with Gasteiger partial charge in [0.25, 0.3) is 5.91 Å². The molecule has 1 fully saturated rings. The fourth-order valence-corrected chi connectivity index (χ4v) is 4.76. The third-order valence-electron chi connectivity index (χ3n) is 6.66. The van der Waals surface area contributed by atoms with Crippen molar-refractivity contribution in [3.05, 3.63) is 90.0 Å². The van der Waals surface area contributed by atoms with E-state index in [0.29, 0.717) is 31.3 Å². The second-order valence-corrected chi connectivity index (χ2v) is 9.01. The van der Waals surface area contributed by atoms with Gasteiger partial charge in [0.05, 0.1) is 18.9 Å². The van der Waals surface area contributed by atoms with Crippen LogP contribution in [0.25, 0.3) is 11.3 Å². The summed E-state index contributed by atoms with van der Waals surface area (Å²) in [6.45, 7) is 4.00. The number of benzene rings is 1. The van der Waals surface area contributed by atoms with Gasteiger partial charge in [-0.1, -0.05) is 18.2 Å². The summed E-state index contributed by atoms with van der Waals surface area (Å²) in [6.07, 6.45) is 7.88. The van der Waals surface area contributed by atoms with Gasteiger partial charge in [-0.3, -0.25) is 14.8 Å². The van der Waals surface area contributed by atoms with E-state index in [4.69, 9.17) is 14.7 Å². The van der Waals surface area contributed by atoms with E-state index in [0.717, 1.165) is 59.9 Å². The lowest BCUT2D eigenvalue weighted by Crippen LogP contribution is -2.37. The van der Waals surface area contributed by atoms with Crippen LogP contribution in [0.1, 0.15) is 21.5 Å². The molecular weight excluding hydrogens is 466 g/mol. The normalized spacial score (nSPS) is 14.9. The predicted molar refractivity (Wildman–Crippen MR) is 141 cm³/mol. The first-order chi connectivity index (χ1) is 18.3. The van der Waals surface area contributed by atoms with Crippen molar-refractivity contribution in [3.8, 4) is 11.3 Å². The lowest BCUT2D eigenvalue weighted by molar-refractivity contribution is 0.0951. The summed E-state index contributed by atoms with van der Waals surface area (Å²) >= 11 is 0. The number of amides is 1. The second kappa shape index (κ2) is 10.3. The van der Waals surface area contributed by atoms with Crippen LogP contribution in [0.15, 0.2) is 73.3 Å². The van der Waals surface area contributed by atoms with Crippen molar-refractivity contribution in [2.24, 2.45) is 0 Å². The molecule has 0 spiro atoms. The fourth-order valence-electron chi connectivity index (χ4n) is 4.76. The zero-order chi connectivity index (χ0) is 25.0. The van der Waals surface area contributed by atoms with Crippen molar-refractivity contribution in [3.63, 3.8) is 0 Å². The predicted octanol–water partition coefficient (Wildman–Crippen LogP) is 3.39. The maximum atomic E-state index is 13.0. The van der Waals surface area contributed by atoms with E-state index in [-0.39, 0.29) is 5.91 Å². The van der Waals surface area contributed by atoms with Gasteiger partial charge in [0.2, 0.25) is 5.95 Å². The largest absolute Gasteiger partial charge is 0.378 e. The lowest BCUT2D eigenvalue weighted by atomic mass is 10.0. The number of carbonyl (C=O) groups is 1. The van der Waals surface area contributed by atoms with Gasteiger partial charge in [-0.2, -0.15) is 4.98 Å². The number of ether oxygens (including phenoxy) is 1. The maximum absolute atomic E-state index is 13.0. The number of hydrogen-bond acceptors (Lipinski definition) is 8. The Morgan fingerprint density at radius 3 is 2.62 bits per heavy atom. The SMILES string of the molecule is O=C(NCc1cccnc1)c1cccc(-c2nc(N3CCOCC3)nc3c2CCN3c2ccncc2)c1. The number of rotatable bonds is 6. The molecule has 1 saturated heterocycles. The van der Waals surface area contributed by atoms with E-state index in [9.17, 15) is 4.79 Å². The number of fused-ring (bicyclic) bond motifs is 1. The van der Waals surface area contributed by atoms with Gasteiger partial charge < -0.3 is 19.9 Å². The molecule has 37 heavy (non-hydrogen) atoms. The van der Waals surface area contributed by atoms with Crippen LogP contribution in [-0.2, 0) is 17.7 Å². The zero-order valence-electron chi connectivity index (χ0n) is 20.4. The van der Waals surface area contributed by atoms with E-state index in [1.807, 2.05) is 48.5 Å². The first-order valence-electron chi connectivity index (χ1n) is 12.4. The minimum Gasteiger partial charge on any atom is -0.378 e. The topological polar surface area (TPSA) is 96.4 Å². The summed E-state index contributed by atoms with van der Waals surface area (Å²) in [5.41, 5.74) is 5.44. The molecule has 9 heteroatoms. The van der Waals surface area contributed by atoms with Gasteiger partial charge in [0.15, 0.2) is 0 Å². The molecule has 186 valence electrons. The van der Waals surface area contributed by atoms with E-state index in [1.165, 1.54) is 0 Å². The summed E-state index contributed by atoms with van der Waals surface area (Å²) in [7, 11) is 0. The fraction of sp³-hybridized carbons (Fsp3) is 0.250. The van der Waals surface area contributed by atoms with Crippen molar-refractivity contribution in [1.82, 2.24) is 25.3 Å². The molecular formula is C28H27N7O2. The number of anilines is 3. The van der Waals surface area contributed by atoms with Gasteiger partial charge in [-0.25, -0.2) is 4.98 Å². The lowest BCUT2D eigenvalue weighted by Gasteiger charge is -2.28. The highest BCUT2D eigenvalue weighted by Crippen LogP contribution is 2.39. The standard InChI is InChI=1S/C28H27N7O2/c36-27(31-19-20-3-2-9-30-18-20)22-5-1-4-21(17-22)25-24-8-12-35(23-6-10-29-11-7-23)26(24)33-28(32-25)34-13-15-37-16-14-34/h1-7,9-11,17-18H,8,12-16,19H2,(H,31,36). The van der Waals surface area contributed by atoms with Crippen LogP contribution in [0.3, 0.4) is 0 Å². The first kappa shape index (κ1) is 23.1. The molecule has 1 N–H and O–H groups in total. The van der Waals surface area contributed by atoms with Gasteiger partial charge in [-0.05, 0) is 42.3 Å². The molecule has 0 saturated carbocycles. The molecule has 0 radical (unpaired) electrons. The molecule has 2 aliphatic heterocycles. The van der Waals surface area contributed by atoms with E-state index < -0.39 is 0 Å². The average Bonchev–Trinajstić information content (AvgIpc) is 3.41. The Balaban J connectivity index is 1.36. The van der Waals surface area contributed by atoms with Crippen LogP contribution in [0.5, 0.6) is 0 Å². The molecule has 0 aliphatic carbocycles. The Labute approximate surface area is 215 Å². The summed E-state index contributed by atoms with van der Waals surface area (Å²) < 4.78 is 5.55. The molecule has 1 amide bonds. The van der Waals surface area contributed by atoms with Gasteiger partial charge in [0.1, 0.15) is 5.82 Å². The number of nitrogens with zero attached hydrogens (tertiary/aromatic N) is 6. The van der Waals surface area contributed by atoms with Crippen LogP contribution < -0.4 is 15.1 Å². The highest BCUT2D eigenvalue weighted by atomic mass is 16.5. The van der Waals surface area contributed by atoms with Gasteiger partial charge >= 0.3 is 0 Å². The minimum atomic E-state index is -0.136. The molecule has 2 aliphatic rings. The van der Waals surface area contributed by atoms with Crippen molar-refractivity contribution in [1.29, 1.82) is 0 Å². The molecule has 0 unspecified atom stereocenters. The number of nitrogens with one attached hydrogen (secondary N) is 1. The Kier molecular flexibility index (Phi) is 6.43. The van der Waals surface area contributed by atoms with Crippen LogP contribution in [-0.4, -0.2) is 58.7 Å². The third-order valence-corrected chi connectivity index (χ3v) is 6.66. The number of pyridine rings is 2. The average molecular weight is 494 g/mol. The Morgan fingerprint density at radius 1 is 0.946 bits per heavy atom. The van der Waals surface area contributed by atoms with Gasteiger partial charge in [-0.15, -0.1) is 0 Å². The van der Waals surface area contributed by atoms with Gasteiger partial charge in [0, 0.05) is 73.3 Å². The van der Waals surface area contributed by atoms with Crippen molar-refractivity contribution >= 4 is 23.4 Å². The zero-order valence-corrected chi connectivity index (χ0v) is 20.4. The van der Waals surface area contributed by atoms with Crippen LogP contribution >= 0.6 is 0 Å². The molecule has 9 nitrogen and oxygen atoms in total. The summed E-state index contributed by atoms with van der Waals surface area (Å²) in [5.74, 6) is 1.46. The monoisotopic (exact) mass is 493 g/mol. The highest BCUT2D eigenvalue weighted by Gasteiger charge is 2.29. The minimum absolute atomic E-state index is 0.136. The van der Waals surface area contributed by atoms with Crippen LogP contribution in [0.4, 0.5) is 17.5 Å². The Bertz CT molecular complexity index is 1390. The number of carbonyl (C=O) groups excluding carboxylic acids is 1. The molecule has 6 rings (SSSR count). The van der Waals surface area contributed by atoms with E-state index in [1.54, 1.807) is 24.8 Å². The second-order valence-electron chi connectivity index (χ2n) is 9.01. The molecule has 4 aromatic rings. The van der Waals surface area contributed by atoms with Crippen LogP contribution in [0, 0.1) is 0 Å². The summed E-state index contributed by atoms with van der Waals surface area (Å²) in [5, 5.41) is 2.99. The van der Waals surface area contributed by atoms with Crippen molar-refractivity contribution < 1.29 is 9.53 Å². The molecule has 0 atom stereocenters. The number of aromatic nitrogens is 4. The van der Waals surface area contributed by atoms with Crippen molar-refractivity contribution in [2.75, 3.05) is 42.6 Å². The van der Waals surface area contributed by atoms with Crippen molar-refractivity contribution in [2.45, 2.75) is 13.0 Å². The third kappa shape index (κ3) is 4.85. The maximum Gasteiger partial charge on any atom is 0.251 e. The van der Waals surface area contributed by atoms with Crippen LogP contribution in [0.2, 0.25) is 0 Å². The molecule has 3 aromatic heterocycles. The number of morpholine rings is 1. The van der Waals surface area contributed by atoms with E-state index >= 15 is 0 Å². The molecule has 5 heterocycles. The smallest absolute Gasteiger partial charge is 0.251 e. The Hall–Kier alpha value is -4.37. The molecule has 1 aromatic carbocycles. The Morgan fingerprint density at radius 2 is 1.81 bits per heavy atom. The van der Waals surface area contributed by atoms with E-state index in [2.05, 4.69) is 25.1 Å². The number of hydrogen-bond donors (Lipinski definition) is 1.